The molecule has 0 unspecified atom stereocenters. The van der Waals surface area contributed by atoms with E-state index in [2.05, 4.69) is 11.6 Å². The van der Waals surface area contributed by atoms with Gasteiger partial charge in [0.25, 0.3) is 0 Å². The topological polar surface area (TPSA) is 67.2 Å². The molecule has 0 radical (unpaired) electrons. The summed E-state index contributed by atoms with van der Waals surface area (Å²) in [7, 11) is 0. The zero-order chi connectivity index (χ0) is 15.1. The van der Waals surface area contributed by atoms with Crippen LogP contribution in [0.2, 0.25) is 0 Å². The summed E-state index contributed by atoms with van der Waals surface area (Å²) < 4.78 is 6.66. The van der Waals surface area contributed by atoms with Gasteiger partial charge in [0.2, 0.25) is 0 Å². The lowest BCUT2D eigenvalue weighted by Gasteiger charge is -2.03. The number of carbonyl (C=O) groups excluding carboxylic acids is 1. The number of aromatic amines is 1. The quantitative estimate of drug-likeness (QED) is 0.667. The molecule has 0 saturated heterocycles. The minimum atomic E-state index is -0.251. The number of hydrogen-bond donors (Lipinski definition) is 2. The fourth-order valence-corrected chi connectivity index (χ4v) is 1.06. The van der Waals surface area contributed by atoms with Crippen molar-refractivity contribution in [2.75, 3.05) is 6.61 Å². The summed E-state index contributed by atoms with van der Waals surface area (Å²) >= 11 is 0. The van der Waals surface area contributed by atoms with Gasteiger partial charge in [-0.05, 0) is 31.2 Å². The molecule has 0 amide bonds. The first-order valence-corrected chi connectivity index (χ1v) is 6.30. The first-order valence-electron chi connectivity index (χ1n) is 6.30. The van der Waals surface area contributed by atoms with Gasteiger partial charge < -0.3 is 19.4 Å². The van der Waals surface area contributed by atoms with E-state index < -0.39 is 0 Å². The van der Waals surface area contributed by atoms with E-state index >= 15 is 0 Å². The Labute approximate surface area is 119 Å². The molecule has 0 fully saturated rings. The lowest BCUT2D eigenvalue weighted by molar-refractivity contribution is -0.146. The second-order valence-corrected chi connectivity index (χ2v) is 3.54. The van der Waals surface area contributed by atoms with E-state index in [1.807, 2.05) is 49.1 Å². The van der Waals surface area contributed by atoms with Crippen LogP contribution in [0, 0.1) is 0 Å². The zero-order valence-corrected chi connectivity index (χ0v) is 11.7. The molecule has 2 aromatic heterocycles. The maximum atomic E-state index is 10.8. The fraction of sp³-hybridized carbons (Fsp3) is 0.267. The summed E-state index contributed by atoms with van der Waals surface area (Å²) in [5.74, 6) is -0.251. The Morgan fingerprint density at radius 2 is 1.85 bits per heavy atom. The molecular formula is C15H22N2O3. The van der Waals surface area contributed by atoms with Crippen LogP contribution in [0.15, 0.2) is 61.7 Å². The Balaban J connectivity index is 0.000000371. The highest BCUT2D eigenvalue weighted by molar-refractivity contribution is 5.70. The molecule has 0 bridgehead atoms. The third-order valence-electron chi connectivity index (χ3n) is 1.85. The second-order valence-electron chi connectivity index (χ2n) is 3.54. The molecule has 110 valence electrons. The number of aliphatic hydroxyl groups excluding tert-OH is 1. The van der Waals surface area contributed by atoms with Gasteiger partial charge in [-0.3, -0.25) is 4.79 Å². The average Bonchev–Trinajstić information content (AvgIpc) is 3.14. The highest BCUT2D eigenvalue weighted by Gasteiger charge is 1.97. The summed E-state index contributed by atoms with van der Waals surface area (Å²) in [6.07, 6.45) is 9.21. The monoisotopic (exact) mass is 278 g/mol. The number of aromatic nitrogens is 2. The van der Waals surface area contributed by atoms with Crippen molar-refractivity contribution in [3.8, 4) is 0 Å². The van der Waals surface area contributed by atoms with Crippen molar-refractivity contribution < 1.29 is 14.6 Å². The smallest absolute Gasteiger partial charge is 0.311 e. The molecule has 5 heteroatoms. The zero-order valence-electron chi connectivity index (χ0n) is 11.7. The molecule has 0 spiro atoms. The number of ether oxygens (including phenoxy) is 1. The Hall–Kier alpha value is -2.27. The highest BCUT2D eigenvalue weighted by atomic mass is 16.5. The largest absolute Gasteiger partial charge is 0.444 e. The SMILES string of the molecule is C=CCC(=O)OCn1cccc1.CCO.c1cc[nH]c1. The molecule has 2 heterocycles. The number of nitrogens with one attached hydrogen (secondary N) is 1. The van der Waals surface area contributed by atoms with Crippen LogP contribution in [0.4, 0.5) is 0 Å². The summed E-state index contributed by atoms with van der Waals surface area (Å²) in [5, 5.41) is 7.57. The minimum absolute atomic E-state index is 0.250. The molecule has 0 atom stereocenters. The summed E-state index contributed by atoms with van der Waals surface area (Å²) in [5.41, 5.74) is 0. The van der Waals surface area contributed by atoms with E-state index in [4.69, 9.17) is 9.84 Å². The van der Waals surface area contributed by atoms with E-state index in [1.165, 1.54) is 6.08 Å². The van der Waals surface area contributed by atoms with Crippen molar-refractivity contribution in [1.82, 2.24) is 9.55 Å². The van der Waals surface area contributed by atoms with Crippen LogP contribution in [-0.4, -0.2) is 27.2 Å². The molecule has 2 N–H and O–H groups in total. The van der Waals surface area contributed by atoms with Crippen LogP contribution < -0.4 is 0 Å². The predicted molar refractivity (Wildman–Crippen MR) is 78.9 cm³/mol. The van der Waals surface area contributed by atoms with Crippen LogP contribution >= 0.6 is 0 Å². The number of carbonyl (C=O) groups is 1. The lowest BCUT2D eigenvalue weighted by atomic mass is 10.4. The van der Waals surface area contributed by atoms with Crippen molar-refractivity contribution in [2.45, 2.75) is 20.1 Å². The van der Waals surface area contributed by atoms with Crippen molar-refractivity contribution in [3.05, 3.63) is 61.7 Å². The number of rotatable bonds is 4. The van der Waals surface area contributed by atoms with Gasteiger partial charge in [0.1, 0.15) is 0 Å². The Bertz CT molecular complexity index is 405. The van der Waals surface area contributed by atoms with Crippen LogP contribution in [0.5, 0.6) is 0 Å². The normalized spacial score (nSPS) is 8.50. The van der Waals surface area contributed by atoms with Crippen molar-refractivity contribution >= 4 is 5.97 Å². The van der Waals surface area contributed by atoms with Crippen molar-refractivity contribution in [3.63, 3.8) is 0 Å². The average molecular weight is 278 g/mol. The summed E-state index contributed by atoms with van der Waals surface area (Å²) in [6.45, 7) is 5.65. The molecule has 5 nitrogen and oxygen atoms in total. The predicted octanol–water partition coefficient (Wildman–Crippen LogP) is 2.58. The third-order valence-corrected chi connectivity index (χ3v) is 1.85. The molecule has 0 aliphatic carbocycles. The first-order chi connectivity index (χ1) is 9.74. The molecule has 0 saturated carbocycles. The molecule has 20 heavy (non-hydrogen) atoms. The second kappa shape index (κ2) is 13.2. The number of hydrogen-bond acceptors (Lipinski definition) is 3. The van der Waals surface area contributed by atoms with E-state index in [9.17, 15) is 4.79 Å². The third kappa shape index (κ3) is 10.9. The van der Waals surface area contributed by atoms with Gasteiger partial charge in [0.05, 0.1) is 6.42 Å². The van der Waals surface area contributed by atoms with Crippen LogP contribution in [0.3, 0.4) is 0 Å². The Morgan fingerprint density at radius 1 is 1.30 bits per heavy atom. The summed E-state index contributed by atoms with van der Waals surface area (Å²) in [4.78, 5) is 13.7. The van der Waals surface area contributed by atoms with Crippen molar-refractivity contribution in [2.24, 2.45) is 0 Å². The summed E-state index contributed by atoms with van der Waals surface area (Å²) in [6, 6.07) is 7.64. The maximum absolute atomic E-state index is 10.8. The Kier molecular flexibility index (Phi) is 11.7. The minimum Gasteiger partial charge on any atom is -0.444 e. The van der Waals surface area contributed by atoms with Gasteiger partial charge in [0, 0.05) is 31.4 Å². The van der Waals surface area contributed by atoms with Gasteiger partial charge in [-0.2, -0.15) is 0 Å². The van der Waals surface area contributed by atoms with Gasteiger partial charge in [-0.25, -0.2) is 0 Å². The van der Waals surface area contributed by atoms with Gasteiger partial charge >= 0.3 is 5.97 Å². The maximum Gasteiger partial charge on any atom is 0.311 e. The molecule has 2 aromatic rings. The highest BCUT2D eigenvalue weighted by Crippen LogP contribution is 1.93. The molecular weight excluding hydrogens is 256 g/mol. The number of nitrogens with zero attached hydrogens (tertiary/aromatic N) is 1. The van der Waals surface area contributed by atoms with Gasteiger partial charge in [-0.15, -0.1) is 6.58 Å². The van der Waals surface area contributed by atoms with Crippen LogP contribution in [0.1, 0.15) is 13.3 Å². The van der Waals surface area contributed by atoms with Gasteiger partial charge in [-0.1, -0.05) is 6.08 Å². The standard InChI is InChI=1S/C9H11NO2.C4H5N.C2H6O/c1-2-5-9(11)12-8-10-6-3-4-7-10;1-2-4-5-3-1;1-2-3/h2-4,6-7H,1,5,8H2;1-5H;3H,2H2,1H3. The van der Waals surface area contributed by atoms with Crippen LogP contribution in [0.25, 0.3) is 0 Å². The number of H-pyrrole nitrogens is 1. The Morgan fingerprint density at radius 3 is 2.25 bits per heavy atom. The number of aliphatic hydroxyl groups is 1. The molecule has 2 rings (SSSR count). The first kappa shape index (κ1) is 17.7. The van der Waals surface area contributed by atoms with Crippen molar-refractivity contribution in [1.29, 1.82) is 0 Å². The van der Waals surface area contributed by atoms with E-state index in [0.29, 0.717) is 0 Å². The fourth-order valence-electron chi connectivity index (χ4n) is 1.06. The van der Waals surface area contributed by atoms with Crippen LogP contribution in [-0.2, 0) is 16.3 Å². The molecule has 0 aromatic carbocycles. The van der Waals surface area contributed by atoms with E-state index in [0.717, 1.165) is 0 Å². The van der Waals surface area contributed by atoms with E-state index in [-0.39, 0.29) is 25.7 Å². The molecule has 0 aliphatic heterocycles. The lowest BCUT2D eigenvalue weighted by Crippen LogP contribution is -2.06. The van der Waals surface area contributed by atoms with E-state index in [1.54, 1.807) is 11.5 Å². The van der Waals surface area contributed by atoms with Gasteiger partial charge in [0.15, 0.2) is 6.73 Å². The molecule has 0 aliphatic rings. The number of esters is 1.